The van der Waals surface area contributed by atoms with E-state index in [4.69, 9.17) is 0 Å². The molecule has 1 aromatic rings. The molecule has 174 valence electrons. The van der Waals surface area contributed by atoms with Crippen LogP contribution < -0.4 is 16.6 Å². The summed E-state index contributed by atoms with van der Waals surface area (Å²) in [5, 5.41) is 2.94. The molecule has 0 aromatic carbocycles. The van der Waals surface area contributed by atoms with Crippen LogP contribution in [0.3, 0.4) is 0 Å². The topological polar surface area (TPSA) is 114 Å². The van der Waals surface area contributed by atoms with Crippen molar-refractivity contribution in [1.82, 2.24) is 23.7 Å². The van der Waals surface area contributed by atoms with Gasteiger partial charge in [0.05, 0.1) is 0 Å². The van der Waals surface area contributed by atoms with Gasteiger partial charge in [-0.15, -0.1) is 0 Å². The fourth-order valence-electron chi connectivity index (χ4n) is 4.41. The van der Waals surface area contributed by atoms with E-state index in [9.17, 15) is 22.8 Å². The summed E-state index contributed by atoms with van der Waals surface area (Å²) in [6, 6.07) is 0.190. The number of hydrogen-bond donors (Lipinski definition) is 1. The van der Waals surface area contributed by atoms with E-state index >= 15 is 0 Å². The van der Waals surface area contributed by atoms with E-state index in [1.54, 1.807) is 0 Å². The van der Waals surface area contributed by atoms with Crippen molar-refractivity contribution in [1.29, 1.82) is 0 Å². The van der Waals surface area contributed by atoms with Crippen LogP contribution in [0.15, 0.2) is 20.7 Å². The van der Waals surface area contributed by atoms with Gasteiger partial charge >= 0.3 is 5.69 Å². The summed E-state index contributed by atoms with van der Waals surface area (Å²) < 4.78 is 30.0. The van der Waals surface area contributed by atoms with Crippen molar-refractivity contribution in [3.05, 3.63) is 27.0 Å². The summed E-state index contributed by atoms with van der Waals surface area (Å²) in [4.78, 5) is 38.7. The fraction of sp³-hybridized carbons (Fsp3) is 0.750. The molecular weight excluding hydrogens is 422 g/mol. The minimum Gasteiger partial charge on any atom is -0.356 e. The quantitative estimate of drug-likeness (QED) is 0.650. The standard InChI is InChI=1S/C20H33N5O5S/c1-22-15-17(19(27)23(2)20(22)28)31(29,30)25-12-6-4-9-21-18(26)14-16-8-3-5-10-24(16)11-7-13-25/h15-16H,3-14H2,1-2H3,(H,21,26). The number of aromatic nitrogens is 2. The first-order chi connectivity index (χ1) is 14.7. The molecule has 3 rings (SSSR count). The Kier molecular flexibility index (Phi) is 7.71. The molecule has 2 aliphatic heterocycles. The zero-order valence-corrected chi connectivity index (χ0v) is 19.2. The second kappa shape index (κ2) is 10.1. The van der Waals surface area contributed by atoms with Crippen LogP contribution in [0, 0.1) is 0 Å². The summed E-state index contributed by atoms with van der Waals surface area (Å²) in [6.07, 6.45) is 6.58. The van der Waals surface area contributed by atoms with Crippen molar-refractivity contribution in [2.45, 2.75) is 55.9 Å². The predicted molar refractivity (Wildman–Crippen MR) is 116 cm³/mol. The Balaban J connectivity index is 1.85. The van der Waals surface area contributed by atoms with Gasteiger partial charge in [-0.1, -0.05) is 6.42 Å². The van der Waals surface area contributed by atoms with Gasteiger partial charge in [-0.2, -0.15) is 4.31 Å². The molecule has 2 aliphatic rings. The van der Waals surface area contributed by atoms with E-state index in [1.807, 2.05) is 0 Å². The van der Waals surface area contributed by atoms with Gasteiger partial charge in [-0.05, 0) is 45.2 Å². The largest absolute Gasteiger partial charge is 0.356 e. The van der Waals surface area contributed by atoms with Crippen LogP contribution >= 0.6 is 0 Å². The molecule has 10 nitrogen and oxygen atoms in total. The summed E-state index contributed by atoms with van der Waals surface area (Å²) >= 11 is 0. The third kappa shape index (κ3) is 5.45. The first kappa shape index (κ1) is 23.7. The van der Waals surface area contributed by atoms with Crippen LogP contribution in [0.5, 0.6) is 0 Å². The van der Waals surface area contributed by atoms with Gasteiger partial charge in [0.1, 0.15) is 0 Å². The van der Waals surface area contributed by atoms with Crippen LogP contribution in [0.1, 0.15) is 44.9 Å². The molecule has 3 heterocycles. The highest BCUT2D eigenvalue weighted by Crippen LogP contribution is 2.21. The second-order valence-electron chi connectivity index (χ2n) is 8.46. The number of nitrogens with one attached hydrogen (secondary N) is 1. The average Bonchev–Trinajstić information content (AvgIpc) is 2.75. The lowest BCUT2D eigenvalue weighted by Gasteiger charge is -2.35. The molecule has 2 saturated heterocycles. The number of nitrogens with zero attached hydrogens (tertiary/aromatic N) is 4. The molecule has 0 aliphatic carbocycles. The summed E-state index contributed by atoms with van der Waals surface area (Å²) in [5.74, 6) is 0.0503. The highest BCUT2D eigenvalue weighted by atomic mass is 32.2. The van der Waals surface area contributed by atoms with E-state index in [-0.39, 0.29) is 23.4 Å². The van der Waals surface area contributed by atoms with Crippen LogP contribution in [0.2, 0.25) is 0 Å². The van der Waals surface area contributed by atoms with Crippen molar-refractivity contribution in [2.75, 3.05) is 32.7 Å². The Labute approximate surface area is 182 Å². The number of rotatable bonds is 2. The minimum atomic E-state index is -4.06. The molecule has 1 unspecified atom stereocenters. The Morgan fingerprint density at radius 1 is 0.935 bits per heavy atom. The maximum Gasteiger partial charge on any atom is 0.330 e. The molecule has 2 fully saturated rings. The number of aryl methyl sites for hydroxylation is 1. The number of carbonyl (C=O) groups is 1. The first-order valence-electron chi connectivity index (χ1n) is 11.0. The van der Waals surface area contributed by atoms with E-state index in [0.29, 0.717) is 45.3 Å². The van der Waals surface area contributed by atoms with E-state index in [0.717, 1.165) is 41.1 Å². The molecule has 0 bridgehead atoms. The zero-order chi connectivity index (χ0) is 22.6. The molecule has 11 heteroatoms. The summed E-state index contributed by atoms with van der Waals surface area (Å²) in [6.45, 7) is 2.66. The fourth-order valence-corrected chi connectivity index (χ4v) is 6.07. The molecule has 1 atom stereocenters. The van der Waals surface area contributed by atoms with Crippen LogP contribution in [-0.2, 0) is 28.9 Å². The lowest BCUT2D eigenvalue weighted by molar-refractivity contribution is -0.122. The molecule has 31 heavy (non-hydrogen) atoms. The van der Waals surface area contributed by atoms with Crippen molar-refractivity contribution in [2.24, 2.45) is 14.1 Å². The molecule has 0 saturated carbocycles. The second-order valence-corrected chi connectivity index (χ2v) is 10.4. The lowest BCUT2D eigenvalue weighted by Crippen LogP contribution is -2.45. The number of carbonyl (C=O) groups excluding carboxylic acids is 1. The molecule has 1 aromatic heterocycles. The van der Waals surface area contributed by atoms with Gasteiger partial charge < -0.3 is 9.88 Å². The van der Waals surface area contributed by atoms with Gasteiger partial charge in [-0.3, -0.25) is 19.1 Å². The number of piperidine rings is 1. The number of amides is 1. The van der Waals surface area contributed by atoms with Crippen molar-refractivity contribution in [3.63, 3.8) is 0 Å². The van der Waals surface area contributed by atoms with Crippen LogP contribution in [-0.4, -0.2) is 71.4 Å². The monoisotopic (exact) mass is 455 g/mol. The van der Waals surface area contributed by atoms with E-state index < -0.39 is 21.3 Å². The van der Waals surface area contributed by atoms with Crippen molar-refractivity contribution < 1.29 is 13.2 Å². The zero-order valence-electron chi connectivity index (χ0n) is 18.4. The maximum atomic E-state index is 13.4. The Morgan fingerprint density at radius 3 is 2.39 bits per heavy atom. The van der Waals surface area contributed by atoms with Gasteiger partial charge in [0.15, 0.2) is 4.90 Å². The van der Waals surface area contributed by atoms with E-state index in [2.05, 4.69) is 10.2 Å². The number of fused-ring (bicyclic) bond motifs is 1. The van der Waals surface area contributed by atoms with Gasteiger partial charge in [0.2, 0.25) is 15.9 Å². The number of hydrogen-bond acceptors (Lipinski definition) is 6. The number of sulfonamides is 1. The molecule has 0 spiro atoms. The van der Waals surface area contributed by atoms with Gasteiger partial charge in [0.25, 0.3) is 5.56 Å². The highest BCUT2D eigenvalue weighted by Gasteiger charge is 2.30. The van der Waals surface area contributed by atoms with Gasteiger partial charge in [0, 0.05) is 52.4 Å². The SMILES string of the molecule is Cn1cc(S(=O)(=O)N2CCCCNC(=O)CC3CCCCN3CCC2)c(=O)n(C)c1=O. The van der Waals surface area contributed by atoms with Crippen molar-refractivity contribution >= 4 is 15.9 Å². The Hall–Kier alpha value is -1.98. The normalized spacial score (nSPS) is 23.2. The Bertz CT molecular complexity index is 1020. The maximum absolute atomic E-state index is 13.4. The third-order valence-corrected chi connectivity index (χ3v) is 8.09. The molecule has 0 radical (unpaired) electrons. The summed E-state index contributed by atoms with van der Waals surface area (Å²) in [5.41, 5.74) is -1.38. The van der Waals surface area contributed by atoms with Crippen LogP contribution in [0.4, 0.5) is 0 Å². The smallest absolute Gasteiger partial charge is 0.330 e. The third-order valence-electron chi connectivity index (χ3n) is 6.21. The molecule has 1 amide bonds. The average molecular weight is 456 g/mol. The van der Waals surface area contributed by atoms with Crippen LogP contribution in [0.25, 0.3) is 0 Å². The highest BCUT2D eigenvalue weighted by molar-refractivity contribution is 7.89. The summed E-state index contributed by atoms with van der Waals surface area (Å²) in [7, 11) is -1.35. The Morgan fingerprint density at radius 2 is 1.61 bits per heavy atom. The predicted octanol–water partition coefficient (Wildman–Crippen LogP) is -0.381. The minimum absolute atomic E-state index is 0.0503. The molecular formula is C20H33N5O5S. The van der Waals surface area contributed by atoms with Crippen molar-refractivity contribution in [3.8, 4) is 0 Å². The van der Waals surface area contributed by atoms with E-state index in [1.165, 1.54) is 18.4 Å². The van der Waals surface area contributed by atoms with Gasteiger partial charge in [-0.25, -0.2) is 13.2 Å². The first-order valence-corrected chi connectivity index (χ1v) is 12.4. The molecule has 1 N–H and O–H groups in total. The lowest BCUT2D eigenvalue weighted by atomic mass is 9.98.